The molecule has 5 heteroatoms. The van der Waals surface area contributed by atoms with Crippen LogP contribution in [0.15, 0.2) is 84.9 Å². The van der Waals surface area contributed by atoms with E-state index in [1.807, 2.05) is 61.5 Å². The molecule has 33 heavy (non-hydrogen) atoms. The van der Waals surface area contributed by atoms with Crippen molar-refractivity contribution >= 4 is 23.6 Å². The zero-order valence-corrected chi connectivity index (χ0v) is 19.1. The Hall–Kier alpha value is -3.73. The van der Waals surface area contributed by atoms with Crippen molar-refractivity contribution in [3.63, 3.8) is 0 Å². The molecule has 0 spiro atoms. The first-order chi connectivity index (χ1) is 16.0. The van der Waals surface area contributed by atoms with E-state index in [0.717, 1.165) is 24.1 Å². The molecule has 0 N–H and O–H groups in total. The lowest BCUT2D eigenvalue weighted by atomic mass is 10.1. The van der Waals surface area contributed by atoms with Crippen molar-refractivity contribution in [1.82, 2.24) is 4.90 Å². The average Bonchev–Trinajstić information content (AvgIpc) is 2.82. The monoisotopic (exact) mass is 444 g/mol. The summed E-state index contributed by atoms with van der Waals surface area (Å²) in [6, 6.07) is 23.2. The van der Waals surface area contributed by atoms with Gasteiger partial charge in [-0.25, -0.2) is 4.39 Å². The molecule has 0 aliphatic rings. The van der Waals surface area contributed by atoms with E-state index in [2.05, 4.69) is 0 Å². The van der Waals surface area contributed by atoms with Gasteiger partial charge in [0.2, 0.25) is 5.91 Å². The number of anilines is 1. The summed E-state index contributed by atoms with van der Waals surface area (Å²) >= 11 is 0. The van der Waals surface area contributed by atoms with Crippen LogP contribution in [-0.4, -0.2) is 30.3 Å². The third-order valence-electron chi connectivity index (χ3n) is 5.30. The number of hydrogen-bond acceptors (Lipinski definition) is 2. The second-order valence-corrected chi connectivity index (χ2v) is 7.96. The third-order valence-corrected chi connectivity index (χ3v) is 5.30. The summed E-state index contributed by atoms with van der Waals surface area (Å²) in [4.78, 5) is 28.8. The summed E-state index contributed by atoms with van der Waals surface area (Å²) < 4.78 is 13.7. The van der Waals surface area contributed by atoms with Crippen molar-refractivity contribution in [2.45, 2.75) is 26.3 Å². The molecule has 3 aromatic rings. The van der Waals surface area contributed by atoms with Gasteiger partial charge in [-0.1, -0.05) is 61.5 Å². The van der Waals surface area contributed by atoms with Crippen LogP contribution in [-0.2, 0) is 22.6 Å². The number of hydrogen-bond donors (Lipinski definition) is 0. The summed E-state index contributed by atoms with van der Waals surface area (Å²) in [5.74, 6) is -0.498. The van der Waals surface area contributed by atoms with Gasteiger partial charge in [0.05, 0.1) is 13.0 Å². The molecular weight excluding hydrogens is 415 g/mol. The average molecular weight is 445 g/mol. The molecule has 0 atom stereocenters. The van der Waals surface area contributed by atoms with Crippen LogP contribution >= 0.6 is 0 Å². The maximum absolute atomic E-state index is 13.7. The number of amides is 2. The van der Waals surface area contributed by atoms with Gasteiger partial charge in [0.25, 0.3) is 5.91 Å². The number of rotatable bonds is 9. The van der Waals surface area contributed by atoms with Gasteiger partial charge in [0.1, 0.15) is 5.82 Å². The van der Waals surface area contributed by atoms with Crippen LogP contribution < -0.4 is 4.90 Å². The Balaban J connectivity index is 1.81. The maximum Gasteiger partial charge on any atom is 0.251 e. The van der Waals surface area contributed by atoms with E-state index in [-0.39, 0.29) is 24.2 Å². The number of nitrogens with zero attached hydrogens (tertiary/aromatic N) is 2. The molecule has 170 valence electrons. The van der Waals surface area contributed by atoms with Gasteiger partial charge < -0.3 is 9.80 Å². The highest BCUT2D eigenvalue weighted by Gasteiger charge is 2.15. The Morgan fingerprint density at radius 3 is 2.30 bits per heavy atom. The number of halogens is 1. The molecular formula is C28H29FN2O2. The Labute approximate surface area is 195 Å². The van der Waals surface area contributed by atoms with Crippen LogP contribution in [0.4, 0.5) is 10.1 Å². The molecule has 0 aromatic heterocycles. The first-order valence-electron chi connectivity index (χ1n) is 11.1. The lowest BCUT2D eigenvalue weighted by Crippen LogP contribution is -2.29. The van der Waals surface area contributed by atoms with Gasteiger partial charge in [-0.2, -0.15) is 0 Å². The fourth-order valence-electron chi connectivity index (χ4n) is 3.50. The van der Waals surface area contributed by atoms with Crippen LogP contribution in [0.2, 0.25) is 0 Å². The molecule has 3 rings (SSSR count). The molecule has 0 bridgehead atoms. The molecule has 0 radical (unpaired) electrons. The third kappa shape index (κ3) is 7.14. The molecule has 0 fully saturated rings. The Morgan fingerprint density at radius 1 is 0.909 bits per heavy atom. The Kier molecular flexibility index (Phi) is 8.53. The number of benzene rings is 3. The molecule has 0 unspecified atom stereocenters. The number of likely N-dealkylation sites (N-methyl/N-ethyl adjacent to an activating group) is 1. The van der Waals surface area contributed by atoms with Crippen molar-refractivity contribution in [2.75, 3.05) is 18.5 Å². The quantitative estimate of drug-likeness (QED) is 0.410. The minimum atomic E-state index is -0.343. The van der Waals surface area contributed by atoms with Gasteiger partial charge >= 0.3 is 0 Å². The highest BCUT2D eigenvalue weighted by Crippen LogP contribution is 2.20. The summed E-state index contributed by atoms with van der Waals surface area (Å²) in [6.07, 6.45) is 4.50. The van der Waals surface area contributed by atoms with Gasteiger partial charge in [-0.15, -0.1) is 0 Å². The number of carbonyl (C=O) groups excluding carboxylic acids is 2. The van der Waals surface area contributed by atoms with Gasteiger partial charge in [0, 0.05) is 25.4 Å². The minimum Gasteiger partial charge on any atom is -0.345 e. The molecule has 4 nitrogen and oxygen atoms in total. The summed E-state index contributed by atoms with van der Waals surface area (Å²) in [5, 5.41) is 0. The lowest BCUT2D eigenvalue weighted by Gasteiger charge is -2.22. The van der Waals surface area contributed by atoms with Crippen LogP contribution in [0.3, 0.4) is 0 Å². The summed E-state index contributed by atoms with van der Waals surface area (Å²) in [6.45, 7) is 2.99. The largest absolute Gasteiger partial charge is 0.345 e. The molecule has 0 saturated carbocycles. The SMILES string of the molecule is CCCN(C)C(=O)Cc1ccc(N(Cc2cccc(F)c2)C(=O)C=Cc2ccccc2)cc1. The molecule has 2 amide bonds. The predicted molar refractivity (Wildman–Crippen MR) is 131 cm³/mol. The summed E-state index contributed by atoms with van der Waals surface area (Å²) in [5.41, 5.74) is 3.17. The summed E-state index contributed by atoms with van der Waals surface area (Å²) in [7, 11) is 1.80. The topological polar surface area (TPSA) is 40.6 Å². The molecule has 3 aromatic carbocycles. The number of carbonyl (C=O) groups is 2. The molecule has 0 heterocycles. The van der Waals surface area contributed by atoms with Crippen LogP contribution in [0.5, 0.6) is 0 Å². The van der Waals surface area contributed by atoms with E-state index < -0.39 is 0 Å². The van der Waals surface area contributed by atoms with Crippen molar-refractivity contribution in [3.05, 3.63) is 107 Å². The van der Waals surface area contributed by atoms with Crippen LogP contribution in [0, 0.1) is 5.82 Å². The maximum atomic E-state index is 13.7. The zero-order chi connectivity index (χ0) is 23.6. The molecule has 0 saturated heterocycles. The fourth-order valence-corrected chi connectivity index (χ4v) is 3.50. The standard InChI is InChI=1S/C28H29FN2O2/c1-3-18-30(2)28(33)20-23-12-15-26(16-13-23)31(21-24-10-7-11-25(29)19-24)27(32)17-14-22-8-5-4-6-9-22/h4-17,19H,3,18,20-21H2,1-2H3. The van der Waals surface area contributed by atoms with Crippen LogP contribution in [0.25, 0.3) is 6.08 Å². The Morgan fingerprint density at radius 2 is 1.64 bits per heavy atom. The zero-order valence-electron chi connectivity index (χ0n) is 19.1. The molecule has 0 aliphatic carbocycles. The first kappa shape index (κ1) is 23.9. The van der Waals surface area contributed by atoms with Crippen LogP contribution in [0.1, 0.15) is 30.0 Å². The first-order valence-corrected chi connectivity index (χ1v) is 11.1. The predicted octanol–water partition coefficient (Wildman–Crippen LogP) is 5.48. The highest BCUT2D eigenvalue weighted by molar-refractivity contribution is 6.03. The van der Waals surface area contributed by atoms with Crippen molar-refractivity contribution in [1.29, 1.82) is 0 Å². The van der Waals surface area contributed by atoms with E-state index in [1.165, 1.54) is 18.2 Å². The lowest BCUT2D eigenvalue weighted by molar-refractivity contribution is -0.129. The minimum absolute atomic E-state index is 0.0584. The van der Waals surface area contributed by atoms with Crippen molar-refractivity contribution in [3.8, 4) is 0 Å². The second-order valence-electron chi connectivity index (χ2n) is 7.96. The van der Waals surface area contributed by atoms with Gasteiger partial charge in [-0.3, -0.25) is 9.59 Å². The fraction of sp³-hybridized carbons (Fsp3) is 0.214. The van der Waals surface area contributed by atoms with Gasteiger partial charge in [0.15, 0.2) is 0 Å². The molecule has 0 aliphatic heterocycles. The highest BCUT2D eigenvalue weighted by atomic mass is 19.1. The van der Waals surface area contributed by atoms with E-state index in [4.69, 9.17) is 0 Å². The normalized spacial score (nSPS) is 10.9. The van der Waals surface area contributed by atoms with E-state index in [1.54, 1.807) is 35.1 Å². The van der Waals surface area contributed by atoms with E-state index in [0.29, 0.717) is 17.7 Å². The van der Waals surface area contributed by atoms with Gasteiger partial charge in [-0.05, 0) is 53.5 Å². The Bertz CT molecular complexity index is 1090. The van der Waals surface area contributed by atoms with Crippen molar-refractivity contribution in [2.24, 2.45) is 0 Å². The van der Waals surface area contributed by atoms with Crippen molar-refractivity contribution < 1.29 is 14.0 Å². The van der Waals surface area contributed by atoms with E-state index in [9.17, 15) is 14.0 Å². The smallest absolute Gasteiger partial charge is 0.251 e. The second kappa shape index (κ2) is 11.8. The van der Waals surface area contributed by atoms with E-state index >= 15 is 0 Å².